The van der Waals surface area contributed by atoms with Crippen molar-refractivity contribution in [3.05, 3.63) is 0 Å². The summed E-state index contributed by atoms with van der Waals surface area (Å²) in [6, 6.07) is 0. The first-order valence-corrected chi connectivity index (χ1v) is 14.0. The number of hydrogen-bond acceptors (Lipinski definition) is 7. The van der Waals surface area contributed by atoms with Crippen LogP contribution in [0.4, 0.5) is 0 Å². The average Bonchev–Trinajstić information content (AvgIpc) is 2.70. The molecule has 1 unspecified atom stereocenters. The molecular formula is C24H43Na3O7S. The molecule has 0 spiro atoms. The molecule has 0 aromatic rings. The van der Waals surface area contributed by atoms with Gasteiger partial charge in [-0.25, -0.2) is 8.42 Å². The third kappa shape index (κ3) is 19.5. The van der Waals surface area contributed by atoms with Crippen molar-refractivity contribution in [3.8, 4) is 0 Å². The summed E-state index contributed by atoms with van der Waals surface area (Å²) in [7, 11) is -5.41. The standard InChI is InChI=1S/C24H46O7S.3Na/c1-3-5-7-9-11-13-15-17-19-24(23(27)28,21(22(25)26)32(29,30)31)20-18-16-14-12-10-8-6-4-2;;;/h21H,3-20H2,1-2H3,(H,25,26)(H,27,28)(H,29,30,31);;;/q;3*+1/p-3. The topological polar surface area (TPSA) is 137 Å². The van der Waals surface area contributed by atoms with Gasteiger partial charge in [0.1, 0.15) is 10.1 Å². The summed E-state index contributed by atoms with van der Waals surface area (Å²) in [6.45, 7) is 4.26. The van der Waals surface area contributed by atoms with Gasteiger partial charge in [0.15, 0.2) is 0 Å². The molecule has 0 heterocycles. The number of carboxylic acids is 2. The number of carbonyl (C=O) groups is 2. The Labute approximate surface area is 280 Å². The van der Waals surface area contributed by atoms with E-state index in [4.69, 9.17) is 0 Å². The summed E-state index contributed by atoms with van der Waals surface area (Å²) in [5.41, 5.74) is -2.25. The molecule has 0 aromatic heterocycles. The number of carboxylic acid groups (broad SMARTS) is 2. The Kier molecular flexibility index (Phi) is 32.7. The van der Waals surface area contributed by atoms with Crippen molar-refractivity contribution < 1.29 is 121 Å². The van der Waals surface area contributed by atoms with Gasteiger partial charge in [0, 0.05) is 11.4 Å². The van der Waals surface area contributed by atoms with E-state index in [0.717, 1.165) is 64.2 Å². The van der Waals surface area contributed by atoms with Gasteiger partial charge in [-0.3, -0.25) is 0 Å². The molecule has 0 aliphatic carbocycles. The van der Waals surface area contributed by atoms with Gasteiger partial charge < -0.3 is 24.4 Å². The molecule has 1 atom stereocenters. The van der Waals surface area contributed by atoms with Crippen molar-refractivity contribution in [2.24, 2.45) is 5.41 Å². The van der Waals surface area contributed by atoms with E-state index in [1.165, 1.54) is 12.8 Å². The van der Waals surface area contributed by atoms with Crippen molar-refractivity contribution in [1.29, 1.82) is 0 Å². The number of unbranched alkanes of at least 4 members (excludes halogenated alkanes) is 14. The maximum atomic E-state index is 12.1. The molecule has 0 saturated carbocycles. The molecule has 35 heavy (non-hydrogen) atoms. The smallest absolute Gasteiger partial charge is 0.747 e. The largest absolute Gasteiger partial charge is 1.00 e. The van der Waals surface area contributed by atoms with Crippen molar-refractivity contribution >= 4 is 22.1 Å². The second-order valence-electron chi connectivity index (χ2n) is 9.09. The second kappa shape index (κ2) is 26.1. The Bertz CT molecular complexity index is 611. The number of rotatable bonds is 22. The van der Waals surface area contributed by atoms with E-state index in [1.54, 1.807) is 0 Å². The van der Waals surface area contributed by atoms with Crippen LogP contribution >= 0.6 is 0 Å². The SMILES string of the molecule is CCCCCCCCCCC(CCCCCCCCCC)(C(=O)[O-])C(C(=O)[O-])S(=O)(=O)[O-].[Na+].[Na+].[Na+]. The van der Waals surface area contributed by atoms with Crippen LogP contribution in [0.1, 0.15) is 129 Å². The van der Waals surface area contributed by atoms with Crippen LogP contribution in [-0.4, -0.2) is 30.2 Å². The summed E-state index contributed by atoms with van der Waals surface area (Å²) >= 11 is 0. The van der Waals surface area contributed by atoms with Crippen molar-refractivity contribution in [3.63, 3.8) is 0 Å². The van der Waals surface area contributed by atoms with Crippen LogP contribution in [0.3, 0.4) is 0 Å². The number of aliphatic carboxylic acids is 2. The molecule has 11 heteroatoms. The summed E-state index contributed by atoms with van der Waals surface area (Å²) in [5.74, 6) is -3.93. The van der Waals surface area contributed by atoms with Gasteiger partial charge in [-0.15, -0.1) is 0 Å². The predicted octanol–water partition coefficient (Wildman–Crippen LogP) is -5.54. The maximum Gasteiger partial charge on any atom is 1.00 e. The van der Waals surface area contributed by atoms with E-state index >= 15 is 0 Å². The van der Waals surface area contributed by atoms with Gasteiger partial charge in [-0.1, -0.05) is 117 Å². The monoisotopic (exact) mass is 544 g/mol. The van der Waals surface area contributed by atoms with E-state index in [1.807, 2.05) is 0 Å². The molecule has 0 aromatic carbocycles. The average molecular weight is 545 g/mol. The second-order valence-corrected chi connectivity index (χ2v) is 10.5. The molecular weight excluding hydrogens is 501 g/mol. The van der Waals surface area contributed by atoms with Gasteiger partial charge in [0.2, 0.25) is 0 Å². The summed E-state index contributed by atoms with van der Waals surface area (Å²) < 4.78 is 35.2. The third-order valence-electron chi connectivity index (χ3n) is 6.36. The fourth-order valence-electron chi connectivity index (χ4n) is 4.47. The first-order valence-electron chi connectivity index (χ1n) is 12.5. The predicted molar refractivity (Wildman–Crippen MR) is 120 cm³/mol. The van der Waals surface area contributed by atoms with E-state index in [2.05, 4.69) is 13.8 Å². The quantitative estimate of drug-likeness (QED) is 0.0753. The third-order valence-corrected chi connectivity index (χ3v) is 7.59. The first-order chi connectivity index (χ1) is 15.1. The zero-order chi connectivity index (χ0) is 24.5. The molecule has 0 saturated heterocycles. The van der Waals surface area contributed by atoms with E-state index < -0.39 is 32.7 Å². The van der Waals surface area contributed by atoms with Gasteiger partial charge in [-0.05, 0) is 12.8 Å². The molecule has 0 aliphatic heterocycles. The molecule has 0 amide bonds. The van der Waals surface area contributed by atoms with Crippen molar-refractivity contribution in [1.82, 2.24) is 0 Å². The van der Waals surface area contributed by atoms with Crippen LogP contribution < -0.4 is 98.9 Å². The minimum Gasteiger partial charge on any atom is -0.747 e. The van der Waals surface area contributed by atoms with Crippen LogP contribution in [0.2, 0.25) is 0 Å². The van der Waals surface area contributed by atoms with Crippen LogP contribution in [0.15, 0.2) is 0 Å². The van der Waals surface area contributed by atoms with Crippen LogP contribution in [0.25, 0.3) is 0 Å². The molecule has 190 valence electrons. The number of hydrogen-bond donors (Lipinski definition) is 0. The van der Waals surface area contributed by atoms with Crippen molar-refractivity contribution in [2.75, 3.05) is 0 Å². The van der Waals surface area contributed by atoms with E-state index in [-0.39, 0.29) is 102 Å². The van der Waals surface area contributed by atoms with Crippen molar-refractivity contribution in [2.45, 2.75) is 135 Å². The molecule has 7 nitrogen and oxygen atoms in total. The summed E-state index contributed by atoms with van der Waals surface area (Å²) in [4.78, 5) is 23.7. The zero-order valence-corrected chi connectivity index (χ0v) is 29.9. The molecule has 0 fully saturated rings. The normalized spacial score (nSPS) is 12.1. The van der Waals surface area contributed by atoms with Crippen LogP contribution in [0, 0.1) is 5.41 Å². The summed E-state index contributed by atoms with van der Waals surface area (Å²) in [6.07, 6.45) is 14.3. The molecule has 0 aliphatic rings. The van der Waals surface area contributed by atoms with E-state index in [0.29, 0.717) is 25.7 Å². The first kappa shape index (κ1) is 43.9. The maximum absolute atomic E-state index is 12.1. The summed E-state index contributed by atoms with van der Waals surface area (Å²) in [5, 5.41) is 21.0. The Morgan fingerprint density at radius 2 is 0.914 bits per heavy atom. The van der Waals surface area contributed by atoms with Crippen LogP contribution in [0.5, 0.6) is 0 Å². The van der Waals surface area contributed by atoms with Gasteiger partial charge in [0.25, 0.3) is 0 Å². The molecule has 0 radical (unpaired) electrons. The molecule has 0 N–H and O–H groups in total. The fraction of sp³-hybridized carbons (Fsp3) is 0.917. The Morgan fingerprint density at radius 3 is 1.14 bits per heavy atom. The van der Waals surface area contributed by atoms with Gasteiger partial charge in [0.05, 0.1) is 11.2 Å². The van der Waals surface area contributed by atoms with E-state index in [9.17, 15) is 32.8 Å². The Hall–Kier alpha value is 1.85. The van der Waals surface area contributed by atoms with Gasteiger partial charge in [-0.2, -0.15) is 0 Å². The Balaban J connectivity index is -0.00000160. The molecule has 0 bridgehead atoms. The minimum absolute atomic E-state index is 0. The zero-order valence-electron chi connectivity index (χ0n) is 23.1. The van der Waals surface area contributed by atoms with Crippen LogP contribution in [-0.2, 0) is 19.7 Å². The van der Waals surface area contributed by atoms with Gasteiger partial charge >= 0.3 is 88.7 Å². The minimum atomic E-state index is -5.41. The molecule has 0 rings (SSSR count). The fourth-order valence-corrected chi connectivity index (χ4v) is 5.59. The Morgan fingerprint density at radius 1 is 0.629 bits per heavy atom. The number of carbonyl (C=O) groups excluding carboxylic acids is 2.